The van der Waals surface area contributed by atoms with Crippen molar-refractivity contribution in [2.75, 3.05) is 5.73 Å². The Balaban J connectivity index is 3.03. The average Bonchev–Trinajstić information content (AvgIpc) is 2.17. The topological polar surface area (TPSA) is 46.2 Å². The highest BCUT2D eigenvalue weighted by Crippen LogP contribution is 2.24. The fourth-order valence-electron chi connectivity index (χ4n) is 1.35. The van der Waals surface area contributed by atoms with Crippen LogP contribution in [-0.4, -0.2) is 5.11 Å². The van der Waals surface area contributed by atoms with E-state index in [0.29, 0.717) is 12.1 Å². The van der Waals surface area contributed by atoms with Crippen LogP contribution in [0.1, 0.15) is 37.5 Å². The number of nitrogen functional groups attached to an aromatic ring is 1. The molecule has 0 spiro atoms. The van der Waals surface area contributed by atoms with Gasteiger partial charge in [-0.05, 0) is 24.5 Å². The molecule has 0 aliphatic heterocycles. The van der Waals surface area contributed by atoms with E-state index < -0.39 is 6.10 Å². The highest BCUT2D eigenvalue weighted by Gasteiger charge is 2.08. The lowest BCUT2D eigenvalue weighted by molar-refractivity contribution is 0.174. The summed E-state index contributed by atoms with van der Waals surface area (Å²) >= 11 is 0. The summed E-state index contributed by atoms with van der Waals surface area (Å²) in [6.45, 7) is 4.04. The van der Waals surface area contributed by atoms with Crippen molar-refractivity contribution in [2.24, 2.45) is 0 Å². The molecule has 2 nitrogen and oxygen atoms in total. The SMILES string of the molecule is CCc1ccc(N)c(C(O)CC)c1. The fourth-order valence-corrected chi connectivity index (χ4v) is 1.35. The van der Waals surface area contributed by atoms with Crippen LogP contribution in [0.3, 0.4) is 0 Å². The summed E-state index contributed by atoms with van der Waals surface area (Å²) in [5.74, 6) is 0. The minimum Gasteiger partial charge on any atom is -0.398 e. The molecular formula is C11H17NO. The second kappa shape index (κ2) is 4.28. The van der Waals surface area contributed by atoms with E-state index in [0.717, 1.165) is 12.0 Å². The molecule has 0 radical (unpaired) electrons. The van der Waals surface area contributed by atoms with E-state index in [1.165, 1.54) is 5.56 Å². The van der Waals surface area contributed by atoms with Crippen LogP contribution in [0.5, 0.6) is 0 Å². The molecule has 1 rings (SSSR count). The molecule has 0 bridgehead atoms. The average molecular weight is 179 g/mol. The van der Waals surface area contributed by atoms with Crippen LogP contribution < -0.4 is 5.73 Å². The van der Waals surface area contributed by atoms with Crippen LogP contribution in [0.4, 0.5) is 5.69 Å². The zero-order valence-electron chi connectivity index (χ0n) is 8.25. The highest BCUT2D eigenvalue weighted by atomic mass is 16.3. The molecule has 0 heterocycles. The van der Waals surface area contributed by atoms with Crippen LogP contribution in [-0.2, 0) is 6.42 Å². The molecule has 0 fully saturated rings. The molecule has 1 atom stereocenters. The van der Waals surface area contributed by atoms with Crippen molar-refractivity contribution < 1.29 is 5.11 Å². The Morgan fingerprint density at radius 3 is 2.62 bits per heavy atom. The first-order chi connectivity index (χ1) is 6.19. The molecule has 13 heavy (non-hydrogen) atoms. The van der Waals surface area contributed by atoms with Gasteiger partial charge < -0.3 is 10.8 Å². The number of hydrogen-bond acceptors (Lipinski definition) is 2. The molecule has 0 aromatic heterocycles. The fraction of sp³-hybridized carbons (Fsp3) is 0.455. The number of anilines is 1. The Kier molecular flexibility index (Phi) is 3.32. The van der Waals surface area contributed by atoms with Gasteiger partial charge in [0.25, 0.3) is 0 Å². The second-order valence-corrected chi connectivity index (χ2v) is 3.24. The van der Waals surface area contributed by atoms with Gasteiger partial charge in [0.1, 0.15) is 0 Å². The third-order valence-corrected chi connectivity index (χ3v) is 2.31. The van der Waals surface area contributed by atoms with Crippen LogP contribution in [0.25, 0.3) is 0 Å². The predicted octanol–water partition coefficient (Wildman–Crippen LogP) is 2.27. The first-order valence-electron chi connectivity index (χ1n) is 4.75. The molecule has 1 aromatic rings. The maximum absolute atomic E-state index is 9.65. The molecule has 1 aromatic carbocycles. The number of aliphatic hydroxyl groups excluding tert-OH is 1. The lowest BCUT2D eigenvalue weighted by Crippen LogP contribution is -2.01. The summed E-state index contributed by atoms with van der Waals surface area (Å²) in [4.78, 5) is 0. The highest BCUT2D eigenvalue weighted by molar-refractivity contribution is 5.49. The van der Waals surface area contributed by atoms with Gasteiger partial charge in [-0.15, -0.1) is 0 Å². The van der Waals surface area contributed by atoms with E-state index >= 15 is 0 Å². The zero-order chi connectivity index (χ0) is 9.84. The number of aliphatic hydroxyl groups is 1. The maximum Gasteiger partial charge on any atom is 0.0807 e. The predicted molar refractivity (Wildman–Crippen MR) is 55.5 cm³/mol. The van der Waals surface area contributed by atoms with Crippen LogP contribution >= 0.6 is 0 Å². The molecule has 72 valence electrons. The summed E-state index contributed by atoms with van der Waals surface area (Å²) < 4.78 is 0. The van der Waals surface area contributed by atoms with Gasteiger partial charge in [0.15, 0.2) is 0 Å². The van der Waals surface area contributed by atoms with Gasteiger partial charge in [-0.25, -0.2) is 0 Å². The Morgan fingerprint density at radius 2 is 2.08 bits per heavy atom. The van der Waals surface area contributed by atoms with Gasteiger partial charge in [0, 0.05) is 11.3 Å². The largest absolute Gasteiger partial charge is 0.398 e. The number of rotatable bonds is 3. The summed E-state index contributed by atoms with van der Waals surface area (Å²) in [5.41, 5.74) is 8.53. The van der Waals surface area contributed by atoms with Crippen LogP contribution in [0.15, 0.2) is 18.2 Å². The lowest BCUT2D eigenvalue weighted by atomic mass is 10.0. The molecule has 3 N–H and O–H groups in total. The van der Waals surface area contributed by atoms with E-state index in [1.807, 2.05) is 25.1 Å². The standard InChI is InChI=1S/C11H17NO/c1-3-8-5-6-10(12)9(7-8)11(13)4-2/h5-7,11,13H,3-4,12H2,1-2H3. The summed E-state index contributed by atoms with van der Waals surface area (Å²) in [6.07, 6.45) is 1.26. The zero-order valence-corrected chi connectivity index (χ0v) is 8.25. The molecule has 0 aliphatic rings. The Hall–Kier alpha value is -1.02. The molecule has 1 unspecified atom stereocenters. The Labute approximate surface area is 79.4 Å². The van der Waals surface area contributed by atoms with Gasteiger partial charge in [-0.1, -0.05) is 26.0 Å². The molecule has 0 saturated carbocycles. The molecule has 0 aliphatic carbocycles. The van der Waals surface area contributed by atoms with E-state index in [1.54, 1.807) is 0 Å². The lowest BCUT2D eigenvalue weighted by Gasteiger charge is -2.12. The van der Waals surface area contributed by atoms with E-state index in [9.17, 15) is 5.11 Å². The number of benzene rings is 1. The third kappa shape index (κ3) is 2.22. The smallest absolute Gasteiger partial charge is 0.0807 e. The van der Waals surface area contributed by atoms with E-state index in [4.69, 9.17) is 5.73 Å². The van der Waals surface area contributed by atoms with Crippen molar-refractivity contribution in [1.82, 2.24) is 0 Å². The molecule has 2 heteroatoms. The van der Waals surface area contributed by atoms with Crippen molar-refractivity contribution in [3.05, 3.63) is 29.3 Å². The summed E-state index contributed by atoms with van der Waals surface area (Å²) in [6, 6.07) is 5.86. The summed E-state index contributed by atoms with van der Waals surface area (Å²) in [7, 11) is 0. The normalized spacial score (nSPS) is 12.8. The monoisotopic (exact) mass is 179 g/mol. The van der Waals surface area contributed by atoms with Crippen molar-refractivity contribution in [3.8, 4) is 0 Å². The van der Waals surface area contributed by atoms with Gasteiger partial charge in [-0.3, -0.25) is 0 Å². The molecular weight excluding hydrogens is 162 g/mol. The van der Waals surface area contributed by atoms with Crippen molar-refractivity contribution in [3.63, 3.8) is 0 Å². The number of hydrogen-bond donors (Lipinski definition) is 2. The molecule has 0 saturated heterocycles. The second-order valence-electron chi connectivity index (χ2n) is 3.24. The number of aryl methyl sites for hydroxylation is 1. The number of nitrogens with two attached hydrogens (primary N) is 1. The van der Waals surface area contributed by atoms with Crippen molar-refractivity contribution in [1.29, 1.82) is 0 Å². The quantitative estimate of drug-likeness (QED) is 0.699. The van der Waals surface area contributed by atoms with Gasteiger partial charge >= 0.3 is 0 Å². The third-order valence-electron chi connectivity index (χ3n) is 2.31. The van der Waals surface area contributed by atoms with Crippen molar-refractivity contribution >= 4 is 5.69 Å². The Bertz CT molecular complexity index is 283. The van der Waals surface area contributed by atoms with Crippen molar-refractivity contribution in [2.45, 2.75) is 32.8 Å². The van der Waals surface area contributed by atoms with E-state index in [2.05, 4.69) is 6.92 Å². The van der Waals surface area contributed by atoms with Gasteiger partial charge in [-0.2, -0.15) is 0 Å². The summed E-state index contributed by atoms with van der Waals surface area (Å²) in [5, 5.41) is 9.65. The van der Waals surface area contributed by atoms with Gasteiger partial charge in [0.05, 0.1) is 6.10 Å². The molecule has 0 amide bonds. The van der Waals surface area contributed by atoms with Gasteiger partial charge in [0.2, 0.25) is 0 Å². The van der Waals surface area contributed by atoms with E-state index in [-0.39, 0.29) is 0 Å². The minimum absolute atomic E-state index is 0.425. The first-order valence-corrected chi connectivity index (χ1v) is 4.75. The van der Waals surface area contributed by atoms with Crippen LogP contribution in [0, 0.1) is 0 Å². The first kappa shape index (κ1) is 10.1. The van der Waals surface area contributed by atoms with Crippen LogP contribution in [0.2, 0.25) is 0 Å². The Morgan fingerprint density at radius 1 is 1.38 bits per heavy atom. The maximum atomic E-state index is 9.65. The minimum atomic E-state index is -0.425.